The van der Waals surface area contributed by atoms with Gasteiger partial charge in [-0.25, -0.2) is 0 Å². The van der Waals surface area contributed by atoms with Gasteiger partial charge in [0.15, 0.2) is 5.82 Å². The van der Waals surface area contributed by atoms with Gasteiger partial charge >= 0.3 is 0 Å². The fourth-order valence-electron chi connectivity index (χ4n) is 2.25. The predicted octanol–water partition coefficient (Wildman–Crippen LogP) is -2.99. The van der Waals surface area contributed by atoms with Crippen molar-refractivity contribution in [1.82, 2.24) is 9.66 Å². The lowest BCUT2D eigenvalue weighted by atomic mass is 10.2. The van der Waals surface area contributed by atoms with E-state index in [1.54, 1.807) is 0 Å². The highest BCUT2D eigenvalue weighted by atomic mass is 16.5. The van der Waals surface area contributed by atoms with Gasteiger partial charge in [0.25, 0.3) is 5.56 Å². The minimum Gasteiger partial charge on any atom is -0.394 e. The third-order valence-corrected chi connectivity index (χ3v) is 3.43. The summed E-state index contributed by atoms with van der Waals surface area (Å²) in [5, 5.41) is 21.5. The van der Waals surface area contributed by atoms with Gasteiger partial charge in [-0.1, -0.05) is 0 Å². The standard InChI is InChI=1S/C11H18N6O5/c1-14-8-9(15-11(12)17(13)10(8)21)16(4-19)7-2-5(20)6(3-18)22-7/h4-7,14,18,20H,2-3,13H2,1H3,(H2,12,15). The smallest absolute Gasteiger partial charge is 0.298 e. The van der Waals surface area contributed by atoms with Crippen molar-refractivity contribution < 1.29 is 19.7 Å². The van der Waals surface area contributed by atoms with Crippen molar-refractivity contribution in [1.29, 1.82) is 0 Å². The highest BCUT2D eigenvalue weighted by molar-refractivity contribution is 5.81. The van der Waals surface area contributed by atoms with Gasteiger partial charge in [-0.3, -0.25) is 14.5 Å². The first-order valence-corrected chi connectivity index (χ1v) is 6.48. The number of hydrogen-bond acceptors (Lipinski definition) is 9. The zero-order valence-electron chi connectivity index (χ0n) is 11.8. The van der Waals surface area contributed by atoms with Gasteiger partial charge in [-0.15, -0.1) is 0 Å². The molecule has 0 radical (unpaired) electrons. The molecule has 3 atom stereocenters. The van der Waals surface area contributed by atoms with Gasteiger partial charge in [-0.2, -0.15) is 9.66 Å². The van der Waals surface area contributed by atoms with Gasteiger partial charge in [0.05, 0.1) is 12.7 Å². The molecule has 2 heterocycles. The minimum atomic E-state index is -0.942. The molecule has 11 heteroatoms. The molecule has 3 unspecified atom stereocenters. The molecule has 22 heavy (non-hydrogen) atoms. The molecule has 1 fully saturated rings. The first kappa shape index (κ1) is 16.0. The van der Waals surface area contributed by atoms with E-state index >= 15 is 0 Å². The zero-order chi connectivity index (χ0) is 16.4. The number of carbonyl (C=O) groups excluding carboxylic acids is 1. The molecule has 1 aliphatic rings. The number of ether oxygens (including phenoxy) is 1. The zero-order valence-corrected chi connectivity index (χ0v) is 11.8. The number of nitrogens with two attached hydrogens (primary N) is 2. The van der Waals surface area contributed by atoms with Crippen molar-refractivity contribution >= 4 is 23.9 Å². The Labute approximate surface area is 125 Å². The number of nitrogen functional groups attached to an aromatic ring is 2. The molecule has 0 saturated carbocycles. The second kappa shape index (κ2) is 6.17. The first-order valence-electron chi connectivity index (χ1n) is 6.48. The quantitative estimate of drug-likeness (QED) is 0.281. The number of aromatic nitrogens is 2. The topological polar surface area (TPSA) is 169 Å². The summed E-state index contributed by atoms with van der Waals surface area (Å²) in [6.45, 7) is -0.400. The normalized spacial score (nSPS) is 24.2. The average molecular weight is 314 g/mol. The van der Waals surface area contributed by atoms with Crippen LogP contribution in [0, 0.1) is 0 Å². The van der Waals surface area contributed by atoms with Crippen molar-refractivity contribution in [2.24, 2.45) is 0 Å². The van der Waals surface area contributed by atoms with Gasteiger partial charge in [-0.05, 0) is 0 Å². The molecule has 1 saturated heterocycles. The SMILES string of the molecule is CNc1c(N(C=O)C2CC(O)C(CO)O2)nc(N)n(N)c1=O. The molecule has 0 spiro atoms. The Morgan fingerprint density at radius 1 is 1.64 bits per heavy atom. The second-order valence-corrected chi connectivity index (χ2v) is 4.72. The van der Waals surface area contributed by atoms with E-state index in [0.717, 1.165) is 4.90 Å². The maximum absolute atomic E-state index is 12.0. The lowest BCUT2D eigenvalue weighted by Crippen LogP contribution is -2.40. The van der Waals surface area contributed by atoms with Crippen LogP contribution in [-0.2, 0) is 9.53 Å². The molecule has 1 aromatic heterocycles. The number of anilines is 3. The molecule has 122 valence electrons. The molecule has 11 nitrogen and oxygen atoms in total. The Morgan fingerprint density at radius 3 is 2.82 bits per heavy atom. The summed E-state index contributed by atoms with van der Waals surface area (Å²) in [4.78, 5) is 28.4. The Hall–Kier alpha value is -2.37. The van der Waals surface area contributed by atoms with Crippen molar-refractivity contribution in [2.45, 2.75) is 24.9 Å². The number of rotatable bonds is 5. The molecule has 0 bridgehead atoms. The maximum atomic E-state index is 12.0. The van der Waals surface area contributed by atoms with Crippen LogP contribution in [0.3, 0.4) is 0 Å². The van der Waals surface area contributed by atoms with Crippen LogP contribution in [0.15, 0.2) is 4.79 Å². The summed E-state index contributed by atoms with van der Waals surface area (Å²) in [6, 6.07) is 0. The van der Waals surface area contributed by atoms with Crippen LogP contribution in [-0.4, -0.2) is 58.4 Å². The monoisotopic (exact) mass is 314 g/mol. The number of hydrogen-bond donors (Lipinski definition) is 5. The van der Waals surface area contributed by atoms with E-state index in [1.165, 1.54) is 7.05 Å². The molecular weight excluding hydrogens is 296 g/mol. The molecule has 0 aliphatic carbocycles. The van der Waals surface area contributed by atoms with E-state index in [1.807, 2.05) is 0 Å². The average Bonchev–Trinajstić information content (AvgIpc) is 2.87. The highest BCUT2D eigenvalue weighted by Gasteiger charge is 2.38. The second-order valence-electron chi connectivity index (χ2n) is 4.72. The first-order chi connectivity index (χ1) is 10.4. The third-order valence-electron chi connectivity index (χ3n) is 3.43. The fourth-order valence-corrected chi connectivity index (χ4v) is 2.25. The maximum Gasteiger partial charge on any atom is 0.298 e. The van der Waals surface area contributed by atoms with E-state index in [9.17, 15) is 14.7 Å². The van der Waals surface area contributed by atoms with Crippen molar-refractivity contribution in [3.63, 3.8) is 0 Å². The van der Waals surface area contributed by atoms with Crippen LogP contribution in [0.2, 0.25) is 0 Å². The summed E-state index contributed by atoms with van der Waals surface area (Å²) in [6.07, 6.45) is -2.20. The van der Waals surface area contributed by atoms with E-state index in [4.69, 9.17) is 21.4 Å². The van der Waals surface area contributed by atoms with Gasteiger partial charge in [0.2, 0.25) is 12.4 Å². The van der Waals surface area contributed by atoms with E-state index < -0.39 is 30.6 Å². The summed E-state index contributed by atoms with van der Waals surface area (Å²) < 4.78 is 6.02. The third kappa shape index (κ3) is 2.56. The van der Waals surface area contributed by atoms with Crippen LogP contribution in [0.4, 0.5) is 17.5 Å². The van der Waals surface area contributed by atoms with E-state index in [2.05, 4.69) is 10.3 Å². The lowest BCUT2D eigenvalue weighted by Gasteiger charge is -2.25. The van der Waals surface area contributed by atoms with Crippen LogP contribution in [0.5, 0.6) is 0 Å². The summed E-state index contributed by atoms with van der Waals surface area (Å²) in [7, 11) is 1.46. The number of nitrogens with zero attached hydrogens (tertiary/aromatic N) is 3. The van der Waals surface area contributed by atoms with Gasteiger partial charge in [0, 0.05) is 13.5 Å². The number of nitrogens with one attached hydrogen (secondary N) is 1. The lowest BCUT2D eigenvalue weighted by molar-refractivity contribution is -0.110. The van der Waals surface area contributed by atoms with E-state index in [0.29, 0.717) is 11.1 Å². The molecule has 1 amide bonds. The highest BCUT2D eigenvalue weighted by Crippen LogP contribution is 2.28. The fraction of sp³-hybridized carbons (Fsp3) is 0.545. The van der Waals surface area contributed by atoms with Crippen molar-refractivity contribution in [2.75, 3.05) is 35.4 Å². The molecule has 1 aliphatic heterocycles. The number of aliphatic hydroxyl groups is 2. The van der Waals surface area contributed by atoms with Crippen LogP contribution < -0.4 is 27.4 Å². The Kier molecular flexibility index (Phi) is 4.49. The van der Waals surface area contributed by atoms with Gasteiger partial charge in [0.1, 0.15) is 18.0 Å². The molecule has 1 aromatic rings. The summed E-state index contributed by atoms with van der Waals surface area (Å²) in [5.41, 5.74) is 4.82. The van der Waals surface area contributed by atoms with Crippen molar-refractivity contribution in [3.8, 4) is 0 Å². The summed E-state index contributed by atoms with van der Waals surface area (Å²) >= 11 is 0. The van der Waals surface area contributed by atoms with Crippen LogP contribution in [0.1, 0.15) is 6.42 Å². The largest absolute Gasteiger partial charge is 0.394 e. The Balaban J connectivity index is 2.45. The Morgan fingerprint density at radius 2 is 2.32 bits per heavy atom. The number of carbonyl (C=O) groups is 1. The minimum absolute atomic E-state index is 0.0469. The molecule has 0 aromatic carbocycles. The Bertz CT molecular complexity index is 620. The van der Waals surface area contributed by atoms with Crippen molar-refractivity contribution in [3.05, 3.63) is 10.4 Å². The van der Waals surface area contributed by atoms with E-state index in [-0.39, 0.29) is 23.9 Å². The van der Waals surface area contributed by atoms with Crippen LogP contribution in [0.25, 0.3) is 0 Å². The molecule has 2 rings (SSSR count). The molecule has 7 N–H and O–H groups in total. The van der Waals surface area contributed by atoms with Gasteiger partial charge < -0.3 is 31.8 Å². The summed E-state index contributed by atoms with van der Waals surface area (Å²) in [5.74, 6) is 5.09. The number of aliphatic hydroxyl groups excluding tert-OH is 2. The number of amides is 1. The van der Waals surface area contributed by atoms with Crippen LogP contribution >= 0.6 is 0 Å². The predicted molar refractivity (Wildman–Crippen MR) is 77.5 cm³/mol. The molecular formula is C11H18N6O5.